The van der Waals surface area contributed by atoms with Crippen molar-refractivity contribution in [2.75, 3.05) is 0 Å². The number of unbranched alkanes of at least 4 members (excludes halogenated alkanes) is 2. The monoisotopic (exact) mass is 298 g/mol. The van der Waals surface area contributed by atoms with Gasteiger partial charge in [0.2, 0.25) is 0 Å². The van der Waals surface area contributed by atoms with E-state index in [-0.39, 0.29) is 0 Å². The summed E-state index contributed by atoms with van der Waals surface area (Å²) in [6.45, 7) is 4.61. The average molecular weight is 298 g/mol. The van der Waals surface area contributed by atoms with Gasteiger partial charge >= 0.3 is 0 Å². The molecule has 1 N–H and O–H groups in total. The predicted octanol–water partition coefficient (Wildman–Crippen LogP) is 5.05. The number of ether oxygens (including phenoxy) is 1. The Labute approximate surface area is 133 Å². The van der Waals surface area contributed by atoms with E-state index in [2.05, 4.69) is 6.92 Å². The van der Waals surface area contributed by atoms with Crippen LogP contribution in [-0.4, -0.2) is 5.11 Å². The molecule has 0 saturated heterocycles. The maximum absolute atomic E-state index is 10.7. The molecule has 0 aromatic heterocycles. The maximum atomic E-state index is 10.7. The third-order valence-electron chi connectivity index (χ3n) is 3.97. The van der Waals surface area contributed by atoms with Crippen molar-refractivity contribution in [1.82, 2.24) is 0 Å². The molecule has 0 spiro atoms. The smallest absolute Gasteiger partial charge is 0.120 e. The lowest BCUT2D eigenvalue weighted by molar-refractivity contribution is 0.0447. The van der Waals surface area contributed by atoms with Crippen LogP contribution in [0.25, 0.3) is 0 Å². The van der Waals surface area contributed by atoms with E-state index in [1.54, 1.807) is 0 Å². The second-order valence-electron chi connectivity index (χ2n) is 6.03. The summed E-state index contributed by atoms with van der Waals surface area (Å²) in [5, 5.41) is 10.7. The van der Waals surface area contributed by atoms with Crippen LogP contribution in [0, 0.1) is 0 Å². The maximum Gasteiger partial charge on any atom is 0.120 e. The normalized spacial score (nSPS) is 13.6. The third kappa shape index (κ3) is 4.88. The molecule has 2 nitrogen and oxygen atoms in total. The molecule has 2 aromatic carbocycles. The van der Waals surface area contributed by atoms with Crippen molar-refractivity contribution in [2.24, 2.45) is 0 Å². The van der Waals surface area contributed by atoms with Crippen LogP contribution in [0.5, 0.6) is 5.75 Å². The van der Waals surface area contributed by atoms with Crippen LogP contribution in [0.2, 0.25) is 0 Å². The third-order valence-corrected chi connectivity index (χ3v) is 3.97. The molecule has 0 heterocycles. The zero-order chi connectivity index (χ0) is 15.8. The van der Waals surface area contributed by atoms with Gasteiger partial charge in [-0.05, 0) is 36.6 Å². The molecule has 22 heavy (non-hydrogen) atoms. The van der Waals surface area contributed by atoms with E-state index in [0.29, 0.717) is 6.61 Å². The first-order chi connectivity index (χ1) is 10.6. The number of hydrogen-bond donors (Lipinski definition) is 1. The predicted molar refractivity (Wildman–Crippen MR) is 90.9 cm³/mol. The minimum Gasteiger partial charge on any atom is -0.489 e. The molecule has 2 rings (SSSR count). The highest BCUT2D eigenvalue weighted by atomic mass is 16.5. The summed E-state index contributed by atoms with van der Waals surface area (Å²) in [6, 6.07) is 17.9. The second kappa shape index (κ2) is 8.00. The Bertz CT molecular complexity index is 561. The minimum absolute atomic E-state index is 0.544. The van der Waals surface area contributed by atoms with Crippen LogP contribution in [0.3, 0.4) is 0 Å². The van der Waals surface area contributed by atoms with Gasteiger partial charge in [0.15, 0.2) is 0 Å². The van der Waals surface area contributed by atoms with Crippen molar-refractivity contribution in [3.63, 3.8) is 0 Å². The molecular weight excluding hydrogens is 272 g/mol. The van der Waals surface area contributed by atoms with Crippen LogP contribution in [0.4, 0.5) is 0 Å². The summed E-state index contributed by atoms with van der Waals surface area (Å²) in [6.07, 6.45) is 4.14. The van der Waals surface area contributed by atoms with Crippen LogP contribution in [0.1, 0.15) is 50.7 Å². The SMILES string of the molecule is CCCCC[C@@](C)(O)c1cccc(OCc2ccccc2)c1. The molecule has 0 radical (unpaired) electrons. The molecule has 0 aliphatic heterocycles. The molecule has 0 saturated carbocycles. The van der Waals surface area contributed by atoms with E-state index < -0.39 is 5.60 Å². The summed E-state index contributed by atoms with van der Waals surface area (Å²) < 4.78 is 5.84. The van der Waals surface area contributed by atoms with Gasteiger partial charge in [0.25, 0.3) is 0 Å². The van der Waals surface area contributed by atoms with E-state index >= 15 is 0 Å². The highest BCUT2D eigenvalue weighted by Gasteiger charge is 2.22. The fourth-order valence-corrected chi connectivity index (χ4v) is 2.53. The molecule has 0 aliphatic rings. The molecule has 2 heteroatoms. The lowest BCUT2D eigenvalue weighted by atomic mass is 9.90. The van der Waals surface area contributed by atoms with E-state index in [1.165, 1.54) is 0 Å². The summed E-state index contributed by atoms with van der Waals surface area (Å²) in [5.74, 6) is 0.803. The number of hydrogen-bond acceptors (Lipinski definition) is 2. The zero-order valence-corrected chi connectivity index (χ0v) is 13.6. The summed E-state index contributed by atoms with van der Waals surface area (Å²) >= 11 is 0. The first-order valence-electron chi connectivity index (χ1n) is 8.11. The van der Waals surface area contributed by atoms with Gasteiger partial charge in [0, 0.05) is 0 Å². The van der Waals surface area contributed by atoms with Crippen LogP contribution in [-0.2, 0) is 12.2 Å². The highest BCUT2D eigenvalue weighted by Crippen LogP contribution is 2.29. The van der Waals surface area contributed by atoms with Gasteiger partial charge in [-0.3, -0.25) is 0 Å². The van der Waals surface area contributed by atoms with Gasteiger partial charge in [0.1, 0.15) is 12.4 Å². The van der Waals surface area contributed by atoms with Gasteiger partial charge in [-0.2, -0.15) is 0 Å². The first-order valence-corrected chi connectivity index (χ1v) is 8.11. The molecule has 2 aromatic rings. The zero-order valence-electron chi connectivity index (χ0n) is 13.6. The van der Waals surface area contributed by atoms with Crippen molar-refractivity contribution < 1.29 is 9.84 Å². The number of benzene rings is 2. The van der Waals surface area contributed by atoms with E-state index in [9.17, 15) is 5.11 Å². The van der Waals surface area contributed by atoms with Crippen molar-refractivity contribution in [3.05, 3.63) is 65.7 Å². The molecule has 0 fully saturated rings. The molecule has 0 bridgehead atoms. The Kier molecular flexibility index (Phi) is 6.02. The van der Waals surface area contributed by atoms with E-state index in [4.69, 9.17) is 4.74 Å². The molecule has 0 aliphatic carbocycles. The fourth-order valence-electron chi connectivity index (χ4n) is 2.53. The Morgan fingerprint density at radius 3 is 2.50 bits per heavy atom. The second-order valence-corrected chi connectivity index (χ2v) is 6.03. The summed E-state index contributed by atoms with van der Waals surface area (Å²) in [4.78, 5) is 0. The molecule has 118 valence electrons. The van der Waals surface area contributed by atoms with E-state index in [1.807, 2.05) is 61.5 Å². The van der Waals surface area contributed by atoms with Crippen molar-refractivity contribution >= 4 is 0 Å². The molecular formula is C20H26O2. The Hall–Kier alpha value is -1.80. The van der Waals surface area contributed by atoms with Gasteiger partial charge in [-0.15, -0.1) is 0 Å². The summed E-state index contributed by atoms with van der Waals surface area (Å²) in [7, 11) is 0. The van der Waals surface area contributed by atoms with Crippen LogP contribution >= 0.6 is 0 Å². The fraction of sp³-hybridized carbons (Fsp3) is 0.400. The molecule has 0 amide bonds. The molecule has 1 atom stereocenters. The van der Waals surface area contributed by atoms with Gasteiger partial charge in [0.05, 0.1) is 5.60 Å². The van der Waals surface area contributed by atoms with Crippen LogP contribution < -0.4 is 4.74 Å². The van der Waals surface area contributed by atoms with Gasteiger partial charge in [-0.25, -0.2) is 0 Å². The van der Waals surface area contributed by atoms with Gasteiger partial charge < -0.3 is 9.84 Å². The lowest BCUT2D eigenvalue weighted by Gasteiger charge is -2.24. The first kappa shape index (κ1) is 16.6. The highest BCUT2D eigenvalue weighted by molar-refractivity contribution is 5.32. The van der Waals surface area contributed by atoms with Crippen LogP contribution in [0.15, 0.2) is 54.6 Å². The topological polar surface area (TPSA) is 29.5 Å². The quantitative estimate of drug-likeness (QED) is 0.691. The largest absolute Gasteiger partial charge is 0.489 e. The Balaban J connectivity index is 2.00. The molecule has 0 unspecified atom stereocenters. The Morgan fingerprint density at radius 2 is 1.77 bits per heavy atom. The number of aliphatic hydroxyl groups is 1. The van der Waals surface area contributed by atoms with Crippen molar-refractivity contribution in [2.45, 2.75) is 51.7 Å². The Morgan fingerprint density at radius 1 is 1.00 bits per heavy atom. The van der Waals surface area contributed by atoms with E-state index in [0.717, 1.165) is 42.6 Å². The van der Waals surface area contributed by atoms with Crippen molar-refractivity contribution in [3.8, 4) is 5.75 Å². The lowest BCUT2D eigenvalue weighted by Crippen LogP contribution is -2.21. The average Bonchev–Trinajstić information content (AvgIpc) is 2.54. The van der Waals surface area contributed by atoms with Crippen molar-refractivity contribution in [1.29, 1.82) is 0 Å². The summed E-state index contributed by atoms with van der Waals surface area (Å²) in [5.41, 5.74) is 1.28. The van der Waals surface area contributed by atoms with Gasteiger partial charge in [-0.1, -0.05) is 68.7 Å². The standard InChI is InChI=1S/C20H26O2/c1-3-4-8-14-20(2,21)18-12-9-13-19(15-18)22-16-17-10-6-5-7-11-17/h5-7,9-13,15,21H,3-4,8,14,16H2,1-2H3/t20-/m1/s1. The minimum atomic E-state index is -0.790. The number of rotatable bonds is 8.